The first-order valence-corrected chi connectivity index (χ1v) is 12.1. The van der Waals surface area contributed by atoms with Crippen molar-refractivity contribution in [1.82, 2.24) is 15.3 Å². The maximum absolute atomic E-state index is 12.8. The van der Waals surface area contributed by atoms with Crippen LogP contribution in [0.5, 0.6) is 0 Å². The van der Waals surface area contributed by atoms with Gasteiger partial charge in [-0.05, 0) is 69.5 Å². The van der Waals surface area contributed by atoms with Crippen LogP contribution in [-0.4, -0.2) is 34.4 Å². The van der Waals surface area contributed by atoms with Gasteiger partial charge in [0.1, 0.15) is 5.02 Å². The first kappa shape index (κ1) is 23.1. The van der Waals surface area contributed by atoms with Gasteiger partial charge in [0.15, 0.2) is 5.82 Å². The molecule has 35 heavy (non-hydrogen) atoms. The van der Waals surface area contributed by atoms with E-state index in [4.69, 9.17) is 11.6 Å². The van der Waals surface area contributed by atoms with Crippen LogP contribution < -0.4 is 20.9 Å². The van der Waals surface area contributed by atoms with Crippen LogP contribution >= 0.6 is 11.6 Å². The molecule has 2 aromatic carbocycles. The number of carbonyl (C=O) groups excluding carboxylic acids is 2. The molecule has 9 heteroatoms. The Labute approximate surface area is 209 Å². The molecule has 0 unspecified atom stereocenters. The smallest absolute Gasteiger partial charge is 0.253 e. The number of para-hydroxylation sites is 1. The number of benzene rings is 2. The summed E-state index contributed by atoms with van der Waals surface area (Å²) >= 11 is 6.38. The highest BCUT2D eigenvalue weighted by Crippen LogP contribution is 2.43. The van der Waals surface area contributed by atoms with Crippen molar-refractivity contribution in [3.05, 3.63) is 64.8 Å². The molecule has 1 aromatic heterocycles. The van der Waals surface area contributed by atoms with Crippen LogP contribution in [0, 0.1) is 0 Å². The number of amides is 2. The SMILES string of the molecule is CCN1C(=O)C(C)(C)c2cc(Nc3ncc(Cl)c(Nc4ccccc4C(=O)NC4CC4)n3)ccc21. The molecule has 180 valence electrons. The Balaban J connectivity index is 1.39. The van der Waals surface area contributed by atoms with Gasteiger partial charge in [-0.3, -0.25) is 9.59 Å². The highest BCUT2D eigenvalue weighted by Gasteiger charge is 2.43. The van der Waals surface area contributed by atoms with Gasteiger partial charge < -0.3 is 20.9 Å². The zero-order valence-electron chi connectivity index (χ0n) is 19.9. The third kappa shape index (κ3) is 4.41. The van der Waals surface area contributed by atoms with Crippen molar-refractivity contribution in [1.29, 1.82) is 0 Å². The number of hydrogen-bond donors (Lipinski definition) is 3. The fourth-order valence-electron chi connectivity index (χ4n) is 4.28. The van der Waals surface area contributed by atoms with Gasteiger partial charge in [-0.2, -0.15) is 4.98 Å². The van der Waals surface area contributed by atoms with E-state index in [0.29, 0.717) is 34.6 Å². The Kier molecular flexibility index (Phi) is 5.84. The number of halogens is 1. The average Bonchev–Trinajstić information content (AvgIpc) is 3.63. The zero-order chi connectivity index (χ0) is 24.7. The van der Waals surface area contributed by atoms with Gasteiger partial charge in [0.05, 0.1) is 22.9 Å². The number of hydrogen-bond acceptors (Lipinski definition) is 6. The van der Waals surface area contributed by atoms with Crippen LogP contribution in [0.15, 0.2) is 48.7 Å². The first-order chi connectivity index (χ1) is 16.8. The molecule has 1 aliphatic carbocycles. The molecule has 2 amide bonds. The minimum Gasteiger partial charge on any atom is -0.349 e. The fraction of sp³-hybridized carbons (Fsp3) is 0.308. The lowest BCUT2D eigenvalue weighted by Crippen LogP contribution is -2.35. The van der Waals surface area contributed by atoms with Crippen molar-refractivity contribution in [2.24, 2.45) is 0 Å². The summed E-state index contributed by atoms with van der Waals surface area (Å²) in [5.74, 6) is 0.678. The number of rotatable bonds is 7. The zero-order valence-corrected chi connectivity index (χ0v) is 20.6. The summed E-state index contributed by atoms with van der Waals surface area (Å²) in [5, 5.41) is 9.73. The molecule has 0 saturated heterocycles. The standard InChI is InChI=1S/C26H27ClN6O2/c1-4-33-21-12-11-16(13-18(21)26(2,3)24(33)35)30-25-28-14-19(27)22(32-25)31-20-8-6-5-7-17(20)23(34)29-15-9-10-15/h5-8,11-15H,4,9-10H2,1-3H3,(H,29,34)(H2,28,30,31,32). The molecule has 0 radical (unpaired) electrons. The van der Waals surface area contributed by atoms with E-state index >= 15 is 0 Å². The van der Waals surface area contributed by atoms with E-state index in [-0.39, 0.29) is 17.9 Å². The molecular weight excluding hydrogens is 464 g/mol. The van der Waals surface area contributed by atoms with Gasteiger partial charge in [-0.25, -0.2) is 4.98 Å². The molecule has 0 bridgehead atoms. The van der Waals surface area contributed by atoms with Crippen LogP contribution in [0.4, 0.5) is 28.8 Å². The van der Waals surface area contributed by atoms with E-state index < -0.39 is 5.41 Å². The molecule has 3 aromatic rings. The normalized spacial score (nSPS) is 16.1. The summed E-state index contributed by atoms with van der Waals surface area (Å²) in [5.41, 5.74) is 3.16. The van der Waals surface area contributed by atoms with E-state index in [0.717, 1.165) is 29.8 Å². The van der Waals surface area contributed by atoms with Crippen molar-refractivity contribution in [2.45, 2.75) is 45.1 Å². The lowest BCUT2D eigenvalue weighted by molar-refractivity contribution is -0.122. The third-order valence-corrected chi connectivity index (χ3v) is 6.67. The number of anilines is 5. The van der Waals surface area contributed by atoms with E-state index in [1.54, 1.807) is 11.0 Å². The predicted molar refractivity (Wildman–Crippen MR) is 138 cm³/mol. The molecule has 1 aliphatic heterocycles. The molecule has 8 nitrogen and oxygen atoms in total. The summed E-state index contributed by atoms with van der Waals surface area (Å²) in [6.07, 6.45) is 3.53. The van der Waals surface area contributed by atoms with Gasteiger partial charge in [0, 0.05) is 24.0 Å². The van der Waals surface area contributed by atoms with Gasteiger partial charge in [0.25, 0.3) is 5.91 Å². The first-order valence-electron chi connectivity index (χ1n) is 11.7. The summed E-state index contributed by atoms with van der Waals surface area (Å²) in [6.45, 7) is 6.47. The second kappa shape index (κ2) is 8.85. The molecule has 2 heterocycles. The van der Waals surface area contributed by atoms with Crippen molar-refractivity contribution in [3.63, 3.8) is 0 Å². The minimum absolute atomic E-state index is 0.0887. The van der Waals surface area contributed by atoms with Crippen LogP contribution in [0.3, 0.4) is 0 Å². The summed E-state index contributed by atoms with van der Waals surface area (Å²) < 4.78 is 0. The number of nitrogens with one attached hydrogen (secondary N) is 3. The number of likely N-dealkylation sites (N-methyl/N-ethyl adjacent to an activating group) is 1. The Morgan fingerprint density at radius 1 is 1.17 bits per heavy atom. The Morgan fingerprint density at radius 3 is 2.69 bits per heavy atom. The lowest BCUT2D eigenvalue weighted by atomic mass is 9.86. The molecular formula is C26H27ClN6O2. The van der Waals surface area contributed by atoms with Crippen molar-refractivity contribution < 1.29 is 9.59 Å². The summed E-state index contributed by atoms with van der Waals surface area (Å²) in [6, 6.07) is 13.3. The van der Waals surface area contributed by atoms with Crippen molar-refractivity contribution in [2.75, 3.05) is 22.1 Å². The predicted octanol–water partition coefficient (Wildman–Crippen LogP) is 5.15. The molecule has 1 fully saturated rings. The van der Waals surface area contributed by atoms with E-state index in [1.807, 2.05) is 57.2 Å². The maximum atomic E-state index is 12.8. The van der Waals surface area contributed by atoms with Crippen molar-refractivity contribution in [3.8, 4) is 0 Å². The van der Waals surface area contributed by atoms with E-state index in [1.165, 1.54) is 6.20 Å². The number of fused-ring (bicyclic) bond motifs is 1. The van der Waals surface area contributed by atoms with Crippen LogP contribution in [0.25, 0.3) is 0 Å². The average molecular weight is 491 g/mol. The third-order valence-electron chi connectivity index (χ3n) is 6.39. The highest BCUT2D eigenvalue weighted by atomic mass is 35.5. The quantitative estimate of drug-likeness (QED) is 0.423. The summed E-state index contributed by atoms with van der Waals surface area (Å²) in [7, 11) is 0. The molecule has 0 spiro atoms. The Morgan fingerprint density at radius 2 is 1.94 bits per heavy atom. The van der Waals surface area contributed by atoms with Gasteiger partial charge in [-0.15, -0.1) is 0 Å². The monoisotopic (exact) mass is 490 g/mol. The van der Waals surface area contributed by atoms with Crippen molar-refractivity contribution >= 4 is 52.2 Å². The number of aromatic nitrogens is 2. The van der Waals surface area contributed by atoms with E-state index in [2.05, 4.69) is 25.9 Å². The van der Waals surface area contributed by atoms with Gasteiger partial charge in [0.2, 0.25) is 11.9 Å². The van der Waals surface area contributed by atoms with Gasteiger partial charge in [-0.1, -0.05) is 23.7 Å². The molecule has 3 N–H and O–H groups in total. The maximum Gasteiger partial charge on any atom is 0.253 e. The molecule has 2 aliphatic rings. The second-order valence-corrected chi connectivity index (χ2v) is 9.75. The van der Waals surface area contributed by atoms with Gasteiger partial charge >= 0.3 is 0 Å². The van der Waals surface area contributed by atoms with Crippen LogP contribution in [-0.2, 0) is 10.2 Å². The van der Waals surface area contributed by atoms with Crippen LogP contribution in [0.2, 0.25) is 5.02 Å². The number of carbonyl (C=O) groups is 2. The lowest BCUT2D eigenvalue weighted by Gasteiger charge is -2.18. The largest absolute Gasteiger partial charge is 0.349 e. The molecule has 0 atom stereocenters. The summed E-state index contributed by atoms with van der Waals surface area (Å²) in [4.78, 5) is 36.1. The Bertz CT molecular complexity index is 1320. The van der Waals surface area contributed by atoms with Crippen LogP contribution in [0.1, 0.15) is 49.5 Å². The fourth-order valence-corrected chi connectivity index (χ4v) is 4.42. The minimum atomic E-state index is -0.610. The number of nitrogens with zero attached hydrogens (tertiary/aromatic N) is 3. The molecule has 1 saturated carbocycles. The highest BCUT2D eigenvalue weighted by molar-refractivity contribution is 6.33. The van der Waals surface area contributed by atoms with E-state index in [9.17, 15) is 9.59 Å². The Hall–Kier alpha value is -3.65. The molecule has 5 rings (SSSR count). The second-order valence-electron chi connectivity index (χ2n) is 9.34. The topological polar surface area (TPSA) is 99.3 Å².